The van der Waals surface area contributed by atoms with Crippen LogP contribution in [0, 0.1) is 5.92 Å². The molecule has 1 amide bonds. The second-order valence-corrected chi connectivity index (χ2v) is 6.44. The molecule has 0 bridgehead atoms. The molecular formula is C15H24N4O2. The Morgan fingerprint density at radius 3 is 3.05 bits per heavy atom. The van der Waals surface area contributed by atoms with Crippen LogP contribution in [0.5, 0.6) is 0 Å². The fraction of sp³-hybridized carbons (Fsp3) is 0.733. The number of nitrogens with one attached hydrogen (secondary N) is 1. The van der Waals surface area contributed by atoms with Crippen LogP contribution in [0.2, 0.25) is 0 Å². The number of hydrogen-bond acceptors (Lipinski definition) is 4. The van der Waals surface area contributed by atoms with Crippen LogP contribution in [0.15, 0.2) is 6.07 Å². The lowest BCUT2D eigenvalue weighted by Crippen LogP contribution is -2.44. The van der Waals surface area contributed by atoms with Gasteiger partial charge in [-0.3, -0.25) is 9.48 Å². The highest BCUT2D eigenvalue weighted by Crippen LogP contribution is 2.27. The minimum Gasteiger partial charge on any atom is -0.377 e. The molecule has 6 nitrogen and oxygen atoms in total. The molecule has 1 fully saturated rings. The first-order valence-corrected chi connectivity index (χ1v) is 7.78. The van der Waals surface area contributed by atoms with Crippen molar-refractivity contribution in [1.82, 2.24) is 15.1 Å². The Balaban J connectivity index is 1.90. The maximum atomic E-state index is 12.1. The maximum absolute atomic E-state index is 12.1. The minimum atomic E-state index is -0.0188. The Hall–Kier alpha value is -1.56. The molecule has 1 aromatic heterocycles. The average molecular weight is 292 g/mol. The number of ether oxygens (including phenoxy) is 1. The Morgan fingerprint density at radius 2 is 2.33 bits per heavy atom. The minimum absolute atomic E-state index is 0.0188. The third-order valence-electron chi connectivity index (χ3n) is 4.20. The van der Waals surface area contributed by atoms with Gasteiger partial charge in [-0.1, -0.05) is 13.8 Å². The Bertz CT molecular complexity index is 526. The molecule has 1 N–H and O–H groups in total. The van der Waals surface area contributed by atoms with Crippen LogP contribution >= 0.6 is 0 Å². The number of fused-ring (bicyclic) bond motifs is 1. The van der Waals surface area contributed by atoms with Gasteiger partial charge in [0.1, 0.15) is 5.69 Å². The molecule has 3 heterocycles. The fourth-order valence-electron chi connectivity index (χ4n) is 3.15. The molecule has 0 saturated carbocycles. The zero-order chi connectivity index (χ0) is 15.0. The summed E-state index contributed by atoms with van der Waals surface area (Å²) in [5, 5.41) is 7.71. The molecule has 3 rings (SSSR count). The van der Waals surface area contributed by atoms with E-state index in [1.165, 1.54) is 0 Å². The van der Waals surface area contributed by atoms with Gasteiger partial charge in [0.15, 0.2) is 5.82 Å². The van der Waals surface area contributed by atoms with Gasteiger partial charge in [-0.25, -0.2) is 0 Å². The van der Waals surface area contributed by atoms with Gasteiger partial charge in [-0.05, 0) is 19.3 Å². The smallest absolute Gasteiger partial charge is 0.269 e. The molecule has 116 valence electrons. The number of amides is 1. The first kappa shape index (κ1) is 14.4. The van der Waals surface area contributed by atoms with Gasteiger partial charge in [-0.15, -0.1) is 0 Å². The third-order valence-corrected chi connectivity index (χ3v) is 4.20. The number of nitrogens with zero attached hydrogens (tertiary/aromatic N) is 3. The molecule has 1 aromatic rings. The van der Waals surface area contributed by atoms with Crippen molar-refractivity contribution in [2.75, 3.05) is 31.2 Å². The van der Waals surface area contributed by atoms with E-state index in [4.69, 9.17) is 9.84 Å². The van der Waals surface area contributed by atoms with Crippen molar-refractivity contribution >= 4 is 11.7 Å². The Morgan fingerprint density at radius 1 is 1.52 bits per heavy atom. The van der Waals surface area contributed by atoms with Crippen molar-refractivity contribution in [3.63, 3.8) is 0 Å². The molecule has 2 aliphatic heterocycles. The molecule has 0 aromatic carbocycles. The molecule has 21 heavy (non-hydrogen) atoms. The lowest BCUT2D eigenvalue weighted by Gasteiger charge is -2.33. The summed E-state index contributed by atoms with van der Waals surface area (Å²) in [4.78, 5) is 14.3. The highest BCUT2D eigenvalue weighted by molar-refractivity contribution is 5.94. The first-order chi connectivity index (χ1) is 10.1. The monoisotopic (exact) mass is 292 g/mol. The zero-order valence-corrected chi connectivity index (χ0v) is 13.0. The standard InChI is InChI=1S/C15H24N4O2/c1-10(2)6-12-8-16-15(20)13-7-14(17-19(12)13)18-4-5-21-9-11(18)3/h7,10-12H,4-6,8-9H2,1-3H3,(H,16,20)/t11-,12+/m1/s1. The van der Waals surface area contributed by atoms with Crippen molar-refractivity contribution in [1.29, 1.82) is 0 Å². The van der Waals surface area contributed by atoms with Crippen LogP contribution in [0.1, 0.15) is 43.7 Å². The number of aromatic nitrogens is 2. The van der Waals surface area contributed by atoms with Crippen LogP contribution in [0.25, 0.3) is 0 Å². The van der Waals surface area contributed by atoms with E-state index in [1.807, 2.05) is 10.7 Å². The van der Waals surface area contributed by atoms with E-state index in [2.05, 4.69) is 31.0 Å². The van der Waals surface area contributed by atoms with Crippen LogP contribution < -0.4 is 10.2 Å². The van der Waals surface area contributed by atoms with Crippen molar-refractivity contribution in [2.24, 2.45) is 5.92 Å². The topological polar surface area (TPSA) is 59.4 Å². The number of carbonyl (C=O) groups excluding carboxylic acids is 1. The third kappa shape index (κ3) is 2.77. The van der Waals surface area contributed by atoms with E-state index < -0.39 is 0 Å². The van der Waals surface area contributed by atoms with Crippen LogP contribution in [0.4, 0.5) is 5.82 Å². The largest absolute Gasteiger partial charge is 0.377 e. The summed E-state index contributed by atoms with van der Waals surface area (Å²) in [5.41, 5.74) is 0.681. The maximum Gasteiger partial charge on any atom is 0.269 e. The zero-order valence-electron chi connectivity index (χ0n) is 13.0. The van der Waals surface area contributed by atoms with Gasteiger partial charge in [0.2, 0.25) is 0 Å². The van der Waals surface area contributed by atoms with Crippen molar-refractivity contribution < 1.29 is 9.53 Å². The van der Waals surface area contributed by atoms with E-state index in [9.17, 15) is 4.79 Å². The molecule has 0 spiro atoms. The summed E-state index contributed by atoms with van der Waals surface area (Å²) in [6.07, 6.45) is 1.02. The van der Waals surface area contributed by atoms with Crippen molar-refractivity contribution in [3.05, 3.63) is 11.8 Å². The van der Waals surface area contributed by atoms with E-state index in [0.29, 0.717) is 37.4 Å². The highest BCUT2D eigenvalue weighted by atomic mass is 16.5. The summed E-state index contributed by atoms with van der Waals surface area (Å²) in [7, 11) is 0. The number of anilines is 1. The summed E-state index contributed by atoms with van der Waals surface area (Å²) in [5.74, 6) is 1.45. The Kier molecular flexibility index (Phi) is 3.89. The number of rotatable bonds is 3. The average Bonchev–Trinajstić information content (AvgIpc) is 2.88. The molecule has 1 saturated heterocycles. The molecule has 0 unspecified atom stereocenters. The highest BCUT2D eigenvalue weighted by Gasteiger charge is 2.30. The van der Waals surface area contributed by atoms with E-state index in [0.717, 1.165) is 18.8 Å². The SMILES string of the molecule is CC(C)C[C@H]1CNC(=O)c2cc(N3CCOC[C@H]3C)nn21. The molecule has 0 radical (unpaired) electrons. The van der Waals surface area contributed by atoms with Crippen LogP contribution in [-0.4, -0.2) is 48.0 Å². The fourth-order valence-corrected chi connectivity index (χ4v) is 3.15. The van der Waals surface area contributed by atoms with Gasteiger partial charge in [-0.2, -0.15) is 5.10 Å². The first-order valence-electron chi connectivity index (χ1n) is 7.78. The molecule has 2 aliphatic rings. The van der Waals surface area contributed by atoms with Crippen LogP contribution in [0.3, 0.4) is 0 Å². The lowest BCUT2D eigenvalue weighted by molar-refractivity contribution is 0.0903. The predicted octanol–water partition coefficient (Wildman–Crippen LogP) is 1.44. The van der Waals surface area contributed by atoms with Gasteiger partial charge in [0.05, 0.1) is 25.3 Å². The second kappa shape index (κ2) is 5.67. The van der Waals surface area contributed by atoms with Gasteiger partial charge in [0.25, 0.3) is 5.91 Å². The summed E-state index contributed by atoms with van der Waals surface area (Å²) >= 11 is 0. The molecule has 6 heteroatoms. The summed E-state index contributed by atoms with van der Waals surface area (Å²) in [6.45, 7) is 9.45. The van der Waals surface area contributed by atoms with Crippen LogP contribution in [-0.2, 0) is 4.74 Å². The normalized spacial score (nSPS) is 25.9. The van der Waals surface area contributed by atoms with Crippen molar-refractivity contribution in [2.45, 2.75) is 39.3 Å². The van der Waals surface area contributed by atoms with E-state index in [-0.39, 0.29) is 11.9 Å². The lowest BCUT2D eigenvalue weighted by atomic mass is 10.0. The van der Waals surface area contributed by atoms with E-state index >= 15 is 0 Å². The molecule has 2 atom stereocenters. The number of morpholine rings is 1. The second-order valence-electron chi connectivity index (χ2n) is 6.44. The summed E-state index contributed by atoms with van der Waals surface area (Å²) in [6, 6.07) is 2.47. The van der Waals surface area contributed by atoms with E-state index in [1.54, 1.807) is 0 Å². The number of carbonyl (C=O) groups is 1. The van der Waals surface area contributed by atoms with Crippen molar-refractivity contribution in [3.8, 4) is 0 Å². The Labute approximate surface area is 125 Å². The van der Waals surface area contributed by atoms with Gasteiger partial charge >= 0.3 is 0 Å². The quantitative estimate of drug-likeness (QED) is 0.916. The molecular weight excluding hydrogens is 268 g/mol. The van der Waals surface area contributed by atoms with Gasteiger partial charge < -0.3 is 15.0 Å². The predicted molar refractivity (Wildman–Crippen MR) is 80.7 cm³/mol. The summed E-state index contributed by atoms with van der Waals surface area (Å²) < 4.78 is 7.40. The molecule has 0 aliphatic carbocycles. The van der Waals surface area contributed by atoms with Gasteiger partial charge in [0, 0.05) is 19.2 Å². The number of hydrogen-bond donors (Lipinski definition) is 1.